The fraction of sp³-hybridized carbons (Fsp3) is 0.222. The SMILES string of the molecule is O=C(CN(CO)C(=O)OCc1ccccc1)NCc1ccccc1. The molecule has 0 saturated heterocycles. The van der Waals surface area contributed by atoms with Crippen LogP contribution in [0.1, 0.15) is 11.1 Å². The molecule has 2 aromatic rings. The molecular weight excluding hydrogens is 308 g/mol. The van der Waals surface area contributed by atoms with E-state index in [1.165, 1.54) is 0 Å². The highest BCUT2D eigenvalue weighted by molar-refractivity contribution is 5.82. The number of aliphatic hydroxyl groups is 1. The van der Waals surface area contributed by atoms with Crippen LogP contribution in [0.2, 0.25) is 0 Å². The zero-order valence-electron chi connectivity index (χ0n) is 13.2. The van der Waals surface area contributed by atoms with Crippen molar-refractivity contribution in [3.05, 3.63) is 71.8 Å². The van der Waals surface area contributed by atoms with Gasteiger partial charge in [0.25, 0.3) is 0 Å². The van der Waals surface area contributed by atoms with Gasteiger partial charge < -0.3 is 15.2 Å². The number of aliphatic hydroxyl groups excluding tert-OH is 1. The number of hydrogen-bond acceptors (Lipinski definition) is 4. The van der Waals surface area contributed by atoms with Gasteiger partial charge in [0.15, 0.2) is 0 Å². The number of ether oxygens (including phenoxy) is 1. The Labute approximate surface area is 140 Å². The first-order chi connectivity index (χ1) is 11.7. The average Bonchev–Trinajstić information content (AvgIpc) is 2.64. The maximum absolute atomic E-state index is 11.9. The monoisotopic (exact) mass is 328 g/mol. The lowest BCUT2D eigenvalue weighted by Crippen LogP contribution is -2.41. The summed E-state index contributed by atoms with van der Waals surface area (Å²) in [5, 5.41) is 12.0. The molecule has 126 valence electrons. The van der Waals surface area contributed by atoms with E-state index in [0.717, 1.165) is 16.0 Å². The minimum Gasteiger partial charge on any atom is -0.444 e. The van der Waals surface area contributed by atoms with Crippen LogP contribution in [0.3, 0.4) is 0 Å². The Bertz CT molecular complexity index is 647. The zero-order chi connectivity index (χ0) is 17.2. The third-order valence-electron chi connectivity index (χ3n) is 3.30. The van der Waals surface area contributed by atoms with Crippen LogP contribution >= 0.6 is 0 Å². The fourth-order valence-corrected chi connectivity index (χ4v) is 2.01. The molecule has 0 atom stereocenters. The molecule has 0 spiro atoms. The van der Waals surface area contributed by atoms with E-state index >= 15 is 0 Å². The Morgan fingerprint density at radius 1 is 0.958 bits per heavy atom. The van der Waals surface area contributed by atoms with Gasteiger partial charge in [-0.25, -0.2) is 4.79 Å². The Balaban J connectivity index is 1.77. The van der Waals surface area contributed by atoms with Crippen molar-refractivity contribution in [2.24, 2.45) is 0 Å². The van der Waals surface area contributed by atoms with E-state index in [1.807, 2.05) is 60.7 Å². The van der Waals surface area contributed by atoms with Gasteiger partial charge in [0.1, 0.15) is 19.9 Å². The summed E-state index contributed by atoms with van der Waals surface area (Å²) >= 11 is 0. The van der Waals surface area contributed by atoms with Gasteiger partial charge in [-0.2, -0.15) is 0 Å². The minimum atomic E-state index is -0.740. The number of hydrogen-bond donors (Lipinski definition) is 2. The predicted octanol–water partition coefficient (Wildman–Crippen LogP) is 1.89. The molecule has 2 amide bonds. The lowest BCUT2D eigenvalue weighted by Gasteiger charge is -2.19. The number of rotatable bonds is 7. The van der Waals surface area contributed by atoms with E-state index in [2.05, 4.69) is 5.32 Å². The van der Waals surface area contributed by atoms with Crippen LogP contribution in [-0.2, 0) is 22.7 Å². The third kappa shape index (κ3) is 5.73. The second-order valence-electron chi connectivity index (χ2n) is 5.14. The predicted molar refractivity (Wildman–Crippen MR) is 88.7 cm³/mol. The smallest absolute Gasteiger partial charge is 0.412 e. The standard InChI is InChI=1S/C18H20N2O4/c21-14-20(18(23)24-13-16-9-5-2-6-10-16)12-17(22)19-11-15-7-3-1-4-8-15/h1-10,21H,11-14H2,(H,19,22). The summed E-state index contributed by atoms with van der Waals surface area (Å²) in [6, 6.07) is 18.6. The summed E-state index contributed by atoms with van der Waals surface area (Å²) in [4.78, 5) is 24.7. The van der Waals surface area contributed by atoms with Crippen molar-refractivity contribution >= 4 is 12.0 Å². The number of amides is 2. The topological polar surface area (TPSA) is 78.9 Å². The largest absolute Gasteiger partial charge is 0.444 e. The van der Waals surface area contributed by atoms with Crippen molar-refractivity contribution in [3.8, 4) is 0 Å². The molecule has 0 aliphatic heterocycles. The lowest BCUT2D eigenvalue weighted by molar-refractivity contribution is -0.123. The fourth-order valence-electron chi connectivity index (χ4n) is 2.01. The van der Waals surface area contributed by atoms with Crippen LogP contribution < -0.4 is 5.32 Å². The Kier molecular flexibility index (Phi) is 6.79. The van der Waals surface area contributed by atoms with Crippen LogP contribution in [0.25, 0.3) is 0 Å². The number of carbonyl (C=O) groups is 2. The summed E-state index contributed by atoms with van der Waals surface area (Å²) in [7, 11) is 0. The summed E-state index contributed by atoms with van der Waals surface area (Å²) in [5.74, 6) is -0.371. The van der Waals surface area contributed by atoms with Crippen LogP contribution in [0.5, 0.6) is 0 Å². The molecule has 0 aromatic heterocycles. The van der Waals surface area contributed by atoms with E-state index < -0.39 is 12.8 Å². The van der Waals surface area contributed by atoms with Crippen LogP contribution in [0.15, 0.2) is 60.7 Å². The highest BCUT2D eigenvalue weighted by Gasteiger charge is 2.17. The lowest BCUT2D eigenvalue weighted by atomic mass is 10.2. The molecule has 0 bridgehead atoms. The first kappa shape index (κ1) is 17.5. The first-order valence-electron chi connectivity index (χ1n) is 7.56. The molecule has 2 N–H and O–H groups in total. The highest BCUT2D eigenvalue weighted by Crippen LogP contribution is 2.03. The first-order valence-corrected chi connectivity index (χ1v) is 7.56. The maximum Gasteiger partial charge on any atom is 0.412 e. The van der Waals surface area contributed by atoms with Crippen LogP contribution in [-0.4, -0.2) is 35.3 Å². The molecule has 2 aromatic carbocycles. The van der Waals surface area contributed by atoms with Gasteiger partial charge in [-0.15, -0.1) is 0 Å². The molecule has 0 aliphatic rings. The van der Waals surface area contributed by atoms with E-state index in [4.69, 9.17) is 4.74 Å². The van der Waals surface area contributed by atoms with Crippen LogP contribution in [0.4, 0.5) is 4.79 Å². The molecule has 0 unspecified atom stereocenters. The van der Waals surface area contributed by atoms with Crippen molar-refractivity contribution in [1.29, 1.82) is 0 Å². The van der Waals surface area contributed by atoms with E-state index in [9.17, 15) is 14.7 Å². The van der Waals surface area contributed by atoms with Gasteiger partial charge in [-0.1, -0.05) is 60.7 Å². The normalized spacial score (nSPS) is 10.0. The maximum atomic E-state index is 11.9. The van der Waals surface area contributed by atoms with Gasteiger partial charge >= 0.3 is 6.09 Å². The van der Waals surface area contributed by atoms with Gasteiger partial charge in [0, 0.05) is 6.54 Å². The molecule has 24 heavy (non-hydrogen) atoms. The molecule has 0 saturated carbocycles. The van der Waals surface area contributed by atoms with Crippen molar-refractivity contribution in [1.82, 2.24) is 10.2 Å². The minimum absolute atomic E-state index is 0.0851. The molecule has 0 aliphatic carbocycles. The highest BCUT2D eigenvalue weighted by atomic mass is 16.6. The molecule has 6 nitrogen and oxygen atoms in total. The van der Waals surface area contributed by atoms with Crippen molar-refractivity contribution in [2.45, 2.75) is 13.2 Å². The molecular formula is C18H20N2O4. The van der Waals surface area contributed by atoms with Crippen molar-refractivity contribution in [2.75, 3.05) is 13.3 Å². The summed E-state index contributed by atoms with van der Waals surface area (Å²) in [6.07, 6.45) is -0.740. The second kappa shape index (κ2) is 9.32. The van der Waals surface area contributed by atoms with Gasteiger partial charge in [-0.3, -0.25) is 9.69 Å². The number of carbonyl (C=O) groups excluding carboxylic acids is 2. The quantitative estimate of drug-likeness (QED) is 0.761. The zero-order valence-corrected chi connectivity index (χ0v) is 13.2. The van der Waals surface area contributed by atoms with Gasteiger partial charge in [-0.05, 0) is 11.1 Å². The van der Waals surface area contributed by atoms with Crippen molar-refractivity contribution < 1.29 is 19.4 Å². The Morgan fingerprint density at radius 3 is 2.12 bits per heavy atom. The molecule has 0 radical (unpaired) electrons. The second-order valence-corrected chi connectivity index (χ2v) is 5.14. The van der Waals surface area contributed by atoms with E-state index in [1.54, 1.807) is 0 Å². The average molecular weight is 328 g/mol. The summed E-state index contributed by atoms with van der Waals surface area (Å²) in [6.45, 7) is -0.414. The summed E-state index contributed by atoms with van der Waals surface area (Å²) < 4.78 is 5.09. The van der Waals surface area contributed by atoms with Gasteiger partial charge in [0.2, 0.25) is 5.91 Å². The number of nitrogens with one attached hydrogen (secondary N) is 1. The van der Waals surface area contributed by atoms with E-state index in [0.29, 0.717) is 6.54 Å². The Morgan fingerprint density at radius 2 is 1.54 bits per heavy atom. The number of benzene rings is 2. The molecule has 6 heteroatoms. The molecule has 0 fully saturated rings. The summed E-state index contributed by atoms with van der Waals surface area (Å²) in [5.41, 5.74) is 1.78. The van der Waals surface area contributed by atoms with Crippen molar-refractivity contribution in [3.63, 3.8) is 0 Å². The number of nitrogens with zero attached hydrogens (tertiary/aromatic N) is 1. The third-order valence-corrected chi connectivity index (χ3v) is 3.30. The van der Waals surface area contributed by atoms with Crippen LogP contribution in [0, 0.1) is 0 Å². The molecule has 0 heterocycles. The van der Waals surface area contributed by atoms with E-state index in [-0.39, 0.29) is 19.1 Å². The Hall–Kier alpha value is -2.86. The molecule has 2 rings (SSSR count). The van der Waals surface area contributed by atoms with Gasteiger partial charge in [0.05, 0.1) is 0 Å².